The molecule has 0 radical (unpaired) electrons. The highest BCUT2D eigenvalue weighted by atomic mass is 32.3. The van der Waals surface area contributed by atoms with E-state index in [0.29, 0.717) is 0 Å². The normalized spacial score (nSPS) is 12.6. The molecule has 0 spiro atoms. The molecule has 10 heteroatoms. The molecule has 21 heavy (non-hydrogen) atoms. The summed E-state index contributed by atoms with van der Waals surface area (Å²) in [6, 6.07) is 7.15. The van der Waals surface area contributed by atoms with Crippen LogP contribution in [0.25, 0.3) is 0 Å². The first-order chi connectivity index (χ1) is 9.86. The molecular formula is C11H14N2O4S4. The van der Waals surface area contributed by atoms with Crippen molar-refractivity contribution in [1.29, 1.82) is 0 Å². The van der Waals surface area contributed by atoms with E-state index >= 15 is 0 Å². The Balaban J connectivity index is 1.88. The van der Waals surface area contributed by atoms with Gasteiger partial charge in [0.05, 0.1) is 0 Å². The lowest BCUT2D eigenvalue weighted by Crippen LogP contribution is -2.35. The van der Waals surface area contributed by atoms with E-state index in [4.69, 9.17) is 0 Å². The molecule has 0 aliphatic carbocycles. The molecule has 0 atom stereocenters. The van der Waals surface area contributed by atoms with Gasteiger partial charge in [0, 0.05) is 22.8 Å². The third-order valence-electron chi connectivity index (χ3n) is 2.40. The van der Waals surface area contributed by atoms with Crippen LogP contribution in [-0.4, -0.2) is 21.9 Å². The van der Waals surface area contributed by atoms with E-state index in [1.54, 1.807) is 24.3 Å². The second-order valence-corrected chi connectivity index (χ2v) is 10.2. The first-order valence-corrected chi connectivity index (χ1v) is 10.9. The standard InChI is InChI=1S/C11H14N2O4S4/c14-20(15,12-7-10-3-1-5-18-10)9-21(16,17)13-8-11-4-2-6-19-11/h1-6,12-13H,7-9H2. The van der Waals surface area contributed by atoms with Gasteiger partial charge in [-0.1, -0.05) is 12.1 Å². The zero-order valence-corrected chi connectivity index (χ0v) is 14.1. The fourth-order valence-electron chi connectivity index (χ4n) is 1.48. The van der Waals surface area contributed by atoms with E-state index in [2.05, 4.69) is 9.44 Å². The van der Waals surface area contributed by atoms with Gasteiger partial charge in [-0.05, 0) is 22.9 Å². The zero-order valence-electron chi connectivity index (χ0n) is 10.9. The number of hydrogen-bond acceptors (Lipinski definition) is 6. The van der Waals surface area contributed by atoms with Gasteiger partial charge in [0.15, 0.2) is 5.08 Å². The van der Waals surface area contributed by atoms with Crippen LogP contribution in [0.15, 0.2) is 35.0 Å². The highest BCUT2D eigenvalue weighted by Crippen LogP contribution is 2.10. The maximum atomic E-state index is 11.8. The van der Waals surface area contributed by atoms with Crippen LogP contribution in [0.2, 0.25) is 0 Å². The van der Waals surface area contributed by atoms with Gasteiger partial charge in [-0.25, -0.2) is 26.3 Å². The average Bonchev–Trinajstić information content (AvgIpc) is 3.06. The Labute approximate surface area is 131 Å². The molecule has 0 fully saturated rings. The minimum Gasteiger partial charge on any atom is -0.211 e. The summed E-state index contributed by atoms with van der Waals surface area (Å²) in [6.07, 6.45) is 0. The molecule has 2 heterocycles. The van der Waals surface area contributed by atoms with Crippen LogP contribution in [0.3, 0.4) is 0 Å². The van der Waals surface area contributed by atoms with Gasteiger partial charge in [0.2, 0.25) is 20.0 Å². The minimum absolute atomic E-state index is 0.0977. The van der Waals surface area contributed by atoms with Crippen molar-refractivity contribution >= 4 is 42.7 Å². The van der Waals surface area contributed by atoms with E-state index in [1.807, 2.05) is 10.8 Å². The summed E-state index contributed by atoms with van der Waals surface area (Å²) in [6.45, 7) is 0.195. The number of rotatable bonds is 8. The molecule has 0 saturated carbocycles. The van der Waals surface area contributed by atoms with Gasteiger partial charge in [-0.15, -0.1) is 22.7 Å². The largest absolute Gasteiger partial charge is 0.227 e. The Morgan fingerprint density at radius 1 is 0.810 bits per heavy atom. The van der Waals surface area contributed by atoms with Gasteiger partial charge in [-0.3, -0.25) is 0 Å². The summed E-state index contributed by atoms with van der Waals surface area (Å²) in [5.74, 6) is 0. The van der Waals surface area contributed by atoms with E-state index in [-0.39, 0.29) is 13.1 Å². The summed E-state index contributed by atoms with van der Waals surface area (Å²) < 4.78 is 51.7. The van der Waals surface area contributed by atoms with Crippen LogP contribution in [0.4, 0.5) is 0 Å². The summed E-state index contributed by atoms with van der Waals surface area (Å²) in [7, 11) is -7.79. The molecule has 0 unspecified atom stereocenters. The van der Waals surface area contributed by atoms with Crippen molar-refractivity contribution in [3.8, 4) is 0 Å². The highest BCUT2D eigenvalue weighted by Gasteiger charge is 2.21. The maximum Gasteiger partial charge on any atom is 0.227 e. The highest BCUT2D eigenvalue weighted by molar-refractivity contribution is 8.06. The van der Waals surface area contributed by atoms with Crippen molar-refractivity contribution in [2.75, 3.05) is 5.08 Å². The fraction of sp³-hybridized carbons (Fsp3) is 0.273. The van der Waals surface area contributed by atoms with E-state index in [9.17, 15) is 16.8 Å². The second kappa shape index (κ2) is 6.99. The molecule has 0 aliphatic rings. The summed E-state index contributed by atoms with van der Waals surface area (Å²) >= 11 is 2.80. The average molecular weight is 367 g/mol. The number of hydrogen-bond donors (Lipinski definition) is 2. The molecule has 2 aromatic heterocycles. The SMILES string of the molecule is O=S(=O)(CS(=O)(=O)NCc1cccs1)NCc1cccs1. The molecule has 2 rings (SSSR count). The molecule has 0 aromatic carbocycles. The molecular weight excluding hydrogens is 352 g/mol. The Morgan fingerprint density at radius 2 is 1.24 bits per heavy atom. The van der Waals surface area contributed by atoms with Crippen LogP contribution in [0.5, 0.6) is 0 Å². The third-order valence-corrected chi connectivity index (χ3v) is 7.81. The quantitative estimate of drug-likeness (QED) is 0.737. The van der Waals surface area contributed by atoms with Crippen LogP contribution in [-0.2, 0) is 33.1 Å². The van der Waals surface area contributed by atoms with Crippen molar-refractivity contribution in [2.24, 2.45) is 0 Å². The summed E-state index contributed by atoms with van der Waals surface area (Å²) in [5.41, 5.74) is 0. The molecule has 2 N–H and O–H groups in total. The van der Waals surface area contributed by atoms with Crippen molar-refractivity contribution in [3.63, 3.8) is 0 Å². The zero-order chi connectivity index (χ0) is 15.3. The predicted molar refractivity (Wildman–Crippen MR) is 85.0 cm³/mol. The van der Waals surface area contributed by atoms with Crippen molar-refractivity contribution in [2.45, 2.75) is 13.1 Å². The van der Waals surface area contributed by atoms with Gasteiger partial charge in [-0.2, -0.15) is 0 Å². The van der Waals surface area contributed by atoms with Crippen molar-refractivity contribution < 1.29 is 16.8 Å². The molecule has 0 aliphatic heterocycles. The third kappa shape index (κ3) is 5.85. The Hall–Kier alpha value is -0.780. The van der Waals surface area contributed by atoms with E-state index in [0.717, 1.165) is 9.75 Å². The molecule has 0 amide bonds. The van der Waals surface area contributed by atoms with E-state index < -0.39 is 25.1 Å². The van der Waals surface area contributed by atoms with Crippen LogP contribution in [0.1, 0.15) is 9.75 Å². The van der Waals surface area contributed by atoms with Gasteiger partial charge in [0.1, 0.15) is 0 Å². The number of nitrogens with one attached hydrogen (secondary N) is 2. The van der Waals surface area contributed by atoms with Crippen molar-refractivity contribution in [1.82, 2.24) is 9.44 Å². The Bertz CT molecular complexity index is 683. The number of thiophene rings is 2. The predicted octanol–water partition coefficient (Wildman–Crippen LogP) is 1.31. The van der Waals surface area contributed by atoms with Crippen LogP contribution < -0.4 is 9.44 Å². The molecule has 0 bridgehead atoms. The van der Waals surface area contributed by atoms with Crippen LogP contribution >= 0.6 is 22.7 Å². The number of sulfonamides is 2. The lowest BCUT2D eigenvalue weighted by atomic mass is 10.5. The molecule has 116 valence electrons. The van der Waals surface area contributed by atoms with Gasteiger partial charge >= 0.3 is 0 Å². The summed E-state index contributed by atoms with van der Waals surface area (Å²) in [4.78, 5) is 1.64. The molecule has 0 saturated heterocycles. The molecule has 6 nitrogen and oxygen atoms in total. The lowest BCUT2D eigenvalue weighted by molar-refractivity contribution is 0.573. The van der Waals surface area contributed by atoms with Crippen molar-refractivity contribution in [3.05, 3.63) is 44.8 Å². The van der Waals surface area contributed by atoms with Crippen LogP contribution in [0, 0.1) is 0 Å². The topological polar surface area (TPSA) is 92.3 Å². The first-order valence-electron chi connectivity index (χ1n) is 5.86. The van der Waals surface area contributed by atoms with Gasteiger partial charge in [0.25, 0.3) is 0 Å². The fourth-order valence-corrected chi connectivity index (χ4v) is 6.00. The Morgan fingerprint density at radius 3 is 1.57 bits per heavy atom. The maximum absolute atomic E-state index is 11.8. The lowest BCUT2D eigenvalue weighted by Gasteiger charge is -2.07. The smallest absolute Gasteiger partial charge is 0.211 e. The Kier molecular flexibility index (Phi) is 5.52. The minimum atomic E-state index is -3.90. The molecule has 2 aromatic rings. The second-order valence-electron chi connectivity index (χ2n) is 4.15. The summed E-state index contributed by atoms with van der Waals surface area (Å²) in [5, 5.41) is 2.67. The van der Waals surface area contributed by atoms with E-state index in [1.165, 1.54) is 22.7 Å². The monoisotopic (exact) mass is 366 g/mol. The van der Waals surface area contributed by atoms with Gasteiger partial charge < -0.3 is 0 Å². The first kappa shape index (κ1) is 16.6.